The number of aromatic nitrogens is 1. The molecule has 1 rings (SSSR count). The second kappa shape index (κ2) is 7.81. The minimum Gasteiger partial charge on any atom is -0.480 e. The van der Waals surface area contributed by atoms with Crippen molar-refractivity contribution in [3.63, 3.8) is 0 Å². The molecule has 1 unspecified atom stereocenters. The first kappa shape index (κ1) is 15.5. The van der Waals surface area contributed by atoms with Crippen LogP contribution in [0.3, 0.4) is 0 Å². The molecular formula is C12H14N2O3S2. The maximum Gasteiger partial charge on any atom is 0.327 e. The number of aliphatic carboxylic acids is 1. The minimum absolute atomic E-state index is 0.0168. The van der Waals surface area contributed by atoms with Crippen LogP contribution in [0, 0.1) is 19.3 Å². The standard InChI is InChI=1S/C12H14N2O3S2/c1-3-4-10(12(16)17)14-11(15)7-18-5-9-6-19-8(2)13-9/h1,6,10H,4-5,7H2,2H3,(H,14,15)(H,16,17). The number of nitrogens with one attached hydrogen (secondary N) is 1. The van der Waals surface area contributed by atoms with E-state index >= 15 is 0 Å². The van der Waals surface area contributed by atoms with Gasteiger partial charge >= 0.3 is 5.97 Å². The van der Waals surface area contributed by atoms with Crippen LogP contribution in [0.15, 0.2) is 5.38 Å². The Hall–Kier alpha value is -1.52. The van der Waals surface area contributed by atoms with Crippen molar-refractivity contribution in [1.29, 1.82) is 0 Å². The first-order valence-electron chi connectivity index (χ1n) is 5.47. The van der Waals surface area contributed by atoms with Gasteiger partial charge in [-0.1, -0.05) is 0 Å². The first-order chi connectivity index (χ1) is 9.02. The summed E-state index contributed by atoms with van der Waals surface area (Å²) in [5.41, 5.74) is 0.929. The highest BCUT2D eigenvalue weighted by Crippen LogP contribution is 2.14. The highest BCUT2D eigenvalue weighted by Gasteiger charge is 2.18. The minimum atomic E-state index is -1.12. The Morgan fingerprint density at radius 2 is 2.42 bits per heavy atom. The number of carbonyl (C=O) groups excluding carboxylic acids is 1. The van der Waals surface area contributed by atoms with Crippen LogP contribution < -0.4 is 5.32 Å². The van der Waals surface area contributed by atoms with Crippen LogP contribution in [0.4, 0.5) is 0 Å². The third-order valence-electron chi connectivity index (χ3n) is 2.10. The van der Waals surface area contributed by atoms with E-state index in [1.807, 2.05) is 12.3 Å². The fraction of sp³-hybridized carbons (Fsp3) is 0.417. The molecule has 0 saturated heterocycles. The van der Waals surface area contributed by atoms with E-state index in [1.165, 1.54) is 11.8 Å². The molecule has 1 aromatic heterocycles. The lowest BCUT2D eigenvalue weighted by Crippen LogP contribution is -2.41. The molecular weight excluding hydrogens is 284 g/mol. The largest absolute Gasteiger partial charge is 0.480 e. The predicted octanol–water partition coefficient (Wildman–Crippen LogP) is 1.28. The molecule has 5 nitrogen and oxygen atoms in total. The summed E-state index contributed by atoms with van der Waals surface area (Å²) in [6.07, 6.45) is 5.03. The van der Waals surface area contributed by atoms with Crippen molar-refractivity contribution >= 4 is 35.0 Å². The maximum atomic E-state index is 11.5. The van der Waals surface area contributed by atoms with Gasteiger partial charge in [-0.15, -0.1) is 35.4 Å². The smallest absolute Gasteiger partial charge is 0.327 e. The maximum absolute atomic E-state index is 11.5. The summed E-state index contributed by atoms with van der Waals surface area (Å²) < 4.78 is 0. The molecule has 1 aromatic rings. The number of thioether (sulfide) groups is 1. The van der Waals surface area contributed by atoms with E-state index in [1.54, 1.807) is 11.3 Å². The molecule has 102 valence electrons. The van der Waals surface area contributed by atoms with E-state index in [0.717, 1.165) is 10.7 Å². The quantitative estimate of drug-likeness (QED) is 0.741. The zero-order valence-electron chi connectivity index (χ0n) is 10.4. The Labute approximate surface area is 119 Å². The van der Waals surface area contributed by atoms with Gasteiger partial charge in [0, 0.05) is 17.6 Å². The average Bonchev–Trinajstić information content (AvgIpc) is 2.74. The molecule has 2 N–H and O–H groups in total. The van der Waals surface area contributed by atoms with Gasteiger partial charge < -0.3 is 10.4 Å². The second-order valence-corrected chi connectivity index (χ2v) is 5.77. The number of amides is 1. The predicted molar refractivity (Wildman–Crippen MR) is 76.0 cm³/mol. The third kappa shape index (κ3) is 5.77. The average molecular weight is 298 g/mol. The number of aryl methyl sites for hydroxylation is 1. The highest BCUT2D eigenvalue weighted by molar-refractivity contribution is 7.99. The van der Waals surface area contributed by atoms with E-state index in [9.17, 15) is 9.59 Å². The van der Waals surface area contributed by atoms with Gasteiger partial charge in [0.1, 0.15) is 6.04 Å². The second-order valence-electron chi connectivity index (χ2n) is 3.72. The van der Waals surface area contributed by atoms with Gasteiger partial charge in [-0.3, -0.25) is 4.79 Å². The van der Waals surface area contributed by atoms with Crippen LogP contribution in [0.1, 0.15) is 17.1 Å². The lowest BCUT2D eigenvalue weighted by atomic mass is 10.2. The molecule has 0 aliphatic carbocycles. The summed E-state index contributed by atoms with van der Waals surface area (Å²) in [5.74, 6) is 1.59. The Morgan fingerprint density at radius 1 is 1.68 bits per heavy atom. The van der Waals surface area contributed by atoms with Crippen molar-refractivity contribution in [3.8, 4) is 12.3 Å². The number of hydrogen-bond acceptors (Lipinski definition) is 5. The van der Waals surface area contributed by atoms with E-state index in [-0.39, 0.29) is 18.1 Å². The normalized spacial score (nSPS) is 11.6. The van der Waals surface area contributed by atoms with Crippen LogP contribution >= 0.6 is 23.1 Å². The molecule has 1 amide bonds. The van der Waals surface area contributed by atoms with Crippen molar-refractivity contribution in [3.05, 3.63) is 16.1 Å². The molecule has 1 heterocycles. The Balaban J connectivity index is 2.31. The van der Waals surface area contributed by atoms with E-state index in [2.05, 4.69) is 16.2 Å². The number of carbonyl (C=O) groups is 2. The van der Waals surface area contributed by atoms with E-state index in [4.69, 9.17) is 11.5 Å². The van der Waals surface area contributed by atoms with Crippen molar-refractivity contribution in [1.82, 2.24) is 10.3 Å². The zero-order valence-corrected chi connectivity index (χ0v) is 12.0. The van der Waals surface area contributed by atoms with Gasteiger partial charge in [0.25, 0.3) is 0 Å². The van der Waals surface area contributed by atoms with Crippen molar-refractivity contribution in [2.75, 3.05) is 5.75 Å². The van der Waals surface area contributed by atoms with E-state index in [0.29, 0.717) is 5.75 Å². The SMILES string of the molecule is C#CCC(NC(=O)CSCc1csc(C)n1)C(=O)O. The number of hydrogen-bond donors (Lipinski definition) is 2. The van der Waals surface area contributed by atoms with Crippen LogP contribution in [0.25, 0.3) is 0 Å². The molecule has 0 saturated carbocycles. The van der Waals surface area contributed by atoms with Crippen LogP contribution in [-0.2, 0) is 15.3 Å². The van der Waals surface area contributed by atoms with Crippen LogP contribution in [0.5, 0.6) is 0 Å². The molecule has 1 atom stereocenters. The number of thiazole rings is 1. The molecule has 0 aliphatic rings. The van der Waals surface area contributed by atoms with Gasteiger partial charge in [-0.2, -0.15) is 0 Å². The zero-order chi connectivity index (χ0) is 14.3. The number of carboxylic acids is 1. The summed E-state index contributed by atoms with van der Waals surface area (Å²) in [6.45, 7) is 1.92. The Kier molecular flexibility index (Phi) is 6.39. The molecule has 0 aromatic carbocycles. The van der Waals surface area contributed by atoms with Crippen LogP contribution in [-0.4, -0.2) is 33.8 Å². The van der Waals surface area contributed by atoms with E-state index < -0.39 is 12.0 Å². The monoisotopic (exact) mass is 298 g/mol. The fourth-order valence-corrected chi connectivity index (χ4v) is 2.72. The van der Waals surface area contributed by atoms with Gasteiger partial charge in [0.15, 0.2) is 0 Å². The fourth-order valence-electron chi connectivity index (χ4n) is 1.28. The topological polar surface area (TPSA) is 79.3 Å². The van der Waals surface area contributed by atoms with Crippen LogP contribution in [0.2, 0.25) is 0 Å². The Morgan fingerprint density at radius 3 is 2.95 bits per heavy atom. The number of carboxylic acid groups (broad SMARTS) is 1. The Bertz CT molecular complexity index is 493. The van der Waals surface area contributed by atoms with Crippen molar-refractivity contribution in [2.45, 2.75) is 25.1 Å². The molecule has 0 spiro atoms. The van der Waals surface area contributed by atoms with Crippen molar-refractivity contribution < 1.29 is 14.7 Å². The molecule has 0 radical (unpaired) electrons. The lowest BCUT2D eigenvalue weighted by Gasteiger charge is -2.11. The lowest BCUT2D eigenvalue weighted by molar-refractivity contribution is -0.141. The van der Waals surface area contributed by atoms with Crippen molar-refractivity contribution in [2.24, 2.45) is 0 Å². The van der Waals surface area contributed by atoms with Gasteiger partial charge in [-0.25, -0.2) is 9.78 Å². The summed E-state index contributed by atoms with van der Waals surface area (Å²) in [4.78, 5) is 26.6. The highest BCUT2D eigenvalue weighted by atomic mass is 32.2. The molecule has 19 heavy (non-hydrogen) atoms. The number of terminal acetylenes is 1. The third-order valence-corrected chi connectivity index (χ3v) is 3.89. The summed E-state index contributed by atoms with van der Waals surface area (Å²) in [7, 11) is 0. The molecule has 0 fully saturated rings. The van der Waals surface area contributed by atoms with Gasteiger partial charge in [0.05, 0.1) is 16.5 Å². The van der Waals surface area contributed by atoms with Gasteiger partial charge in [0.2, 0.25) is 5.91 Å². The summed E-state index contributed by atoms with van der Waals surface area (Å²) in [5, 5.41) is 14.2. The molecule has 0 aliphatic heterocycles. The summed E-state index contributed by atoms with van der Waals surface area (Å²) >= 11 is 2.95. The molecule has 0 bridgehead atoms. The summed E-state index contributed by atoms with van der Waals surface area (Å²) in [6, 6.07) is -1.01. The van der Waals surface area contributed by atoms with Gasteiger partial charge in [-0.05, 0) is 6.92 Å². The first-order valence-corrected chi connectivity index (χ1v) is 7.50. The number of nitrogens with zero attached hydrogens (tertiary/aromatic N) is 1. The molecule has 7 heteroatoms. The number of rotatable bonds is 7.